The smallest absolute Gasteiger partial charge is 0.272 e. The first kappa shape index (κ1) is 24.4. The minimum atomic E-state index is -1.12. The zero-order valence-electron chi connectivity index (χ0n) is 19.9. The van der Waals surface area contributed by atoms with E-state index in [1.54, 1.807) is 14.0 Å². The molecule has 0 saturated carbocycles. The molecule has 3 amide bonds. The van der Waals surface area contributed by atoms with Gasteiger partial charge in [-0.1, -0.05) is 44.2 Å². The first-order chi connectivity index (χ1) is 15.8. The van der Waals surface area contributed by atoms with Gasteiger partial charge in [-0.25, -0.2) is 0 Å². The minimum absolute atomic E-state index is 0.167. The van der Waals surface area contributed by atoms with Crippen molar-refractivity contribution in [3.05, 3.63) is 53.3 Å². The van der Waals surface area contributed by atoms with Crippen LogP contribution in [0, 0.1) is 0 Å². The third kappa shape index (κ3) is 5.42. The summed E-state index contributed by atoms with van der Waals surface area (Å²) in [6.45, 7) is 9.87. The molecule has 1 atom stereocenters. The number of fused-ring (bicyclic) bond motifs is 1. The predicted molar refractivity (Wildman–Crippen MR) is 126 cm³/mol. The van der Waals surface area contributed by atoms with Crippen molar-refractivity contribution in [2.75, 3.05) is 33.2 Å². The van der Waals surface area contributed by atoms with Crippen LogP contribution < -0.4 is 10.6 Å². The molecular weight excluding hydrogens is 420 g/mol. The van der Waals surface area contributed by atoms with Crippen LogP contribution in [0.1, 0.15) is 53.7 Å². The van der Waals surface area contributed by atoms with Crippen molar-refractivity contribution < 1.29 is 14.4 Å². The molecule has 1 aliphatic rings. The van der Waals surface area contributed by atoms with E-state index in [2.05, 4.69) is 34.5 Å². The second-order valence-corrected chi connectivity index (χ2v) is 8.52. The van der Waals surface area contributed by atoms with Gasteiger partial charge in [-0.15, -0.1) is 0 Å². The van der Waals surface area contributed by atoms with E-state index in [0.29, 0.717) is 18.8 Å². The van der Waals surface area contributed by atoms with E-state index in [9.17, 15) is 14.4 Å². The van der Waals surface area contributed by atoms with Crippen molar-refractivity contribution in [1.82, 2.24) is 30.2 Å². The molecule has 1 unspecified atom stereocenters. The van der Waals surface area contributed by atoms with Crippen molar-refractivity contribution in [1.29, 1.82) is 0 Å². The Kier molecular flexibility index (Phi) is 7.86. The van der Waals surface area contributed by atoms with E-state index in [-0.39, 0.29) is 30.0 Å². The van der Waals surface area contributed by atoms with Crippen LogP contribution in [0.4, 0.5) is 0 Å². The zero-order valence-corrected chi connectivity index (χ0v) is 19.9. The first-order valence-electron chi connectivity index (χ1n) is 11.5. The lowest BCUT2D eigenvalue weighted by atomic mass is 9.96. The zero-order chi connectivity index (χ0) is 24.0. The molecule has 33 heavy (non-hydrogen) atoms. The van der Waals surface area contributed by atoms with Gasteiger partial charge in [0, 0.05) is 26.2 Å². The Balaban J connectivity index is 1.64. The molecule has 1 aromatic heterocycles. The van der Waals surface area contributed by atoms with Crippen LogP contribution in [-0.4, -0.2) is 76.1 Å². The lowest BCUT2D eigenvalue weighted by Gasteiger charge is -2.40. The monoisotopic (exact) mass is 454 g/mol. The number of hydrogen-bond donors (Lipinski definition) is 2. The number of likely N-dealkylation sites (N-methyl/N-ethyl adjacent to an activating group) is 1. The highest BCUT2D eigenvalue weighted by molar-refractivity contribution is 6.01. The molecule has 0 aliphatic carbocycles. The van der Waals surface area contributed by atoms with Gasteiger partial charge in [-0.05, 0) is 38.5 Å². The Labute approximate surface area is 195 Å². The molecule has 9 heteroatoms. The van der Waals surface area contributed by atoms with Crippen LogP contribution in [0.25, 0.3) is 0 Å². The highest BCUT2D eigenvalue weighted by Crippen LogP contribution is 2.26. The average molecular weight is 455 g/mol. The fourth-order valence-electron chi connectivity index (χ4n) is 3.94. The summed E-state index contributed by atoms with van der Waals surface area (Å²) in [5.41, 5.74) is 0.337. The predicted octanol–water partition coefficient (Wildman–Crippen LogP) is 1.51. The number of aromatic nitrogens is 2. The van der Waals surface area contributed by atoms with Crippen LogP contribution in [-0.2, 0) is 17.9 Å². The number of rotatable bonds is 10. The molecule has 0 bridgehead atoms. The highest BCUT2D eigenvalue weighted by atomic mass is 16.2. The first-order valence-corrected chi connectivity index (χ1v) is 11.5. The van der Waals surface area contributed by atoms with Gasteiger partial charge in [0.05, 0.1) is 6.54 Å². The van der Waals surface area contributed by atoms with Gasteiger partial charge in [0.25, 0.3) is 11.8 Å². The molecule has 1 aromatic carbocycles. The molecule has 2 heterocycles. The summed E-state index contributed by atoms with van der Waals surface area (Å²) >= 11 is 0. The Morgan fingerprint density at radius 1 is 1.15 bits per heavy atom. The summed E-state index contributed by atoms with van der Waals surface area (Å²) in [6.07, 6.45) is 0.836. The number of amides is 3. The van der Waals surface area contributed by atoms with E-state index >= 15 is 0 Å². The molecule has 178 valence electrons. The Morgan fingerprint density at radius 3 is 2.52 bits per heavy atom. The van der Waals surface area contributed by atoms with Crippen LogP contribution >= 0.6 is 0 Å². The van der Waals surface area contributed by atoms with Crippen molar-refractivity contribution in [3.8, 4) is 0 Å². The SMILES string of the molecule is CCN(CC)CCCNC(=O)c1cc2n(n1)CC(C)(C(=O)NCc1ccccc1)N(C)C2=O. The fraction of sp³-hybridized carbons (Fsp3) is 0.500. The lowest BCUT2D eigenvalue weighted by molar-refractivity contribution is -0.132. The van der Waals surface area contributed by atoms with Crippen LogP contribution in [0.15, 0.2) is 36.4 Å². The Morgan fingerprint density at radius 2 is 1.85 bits per heavy atom. The number of benzene rings is 1. The molecule has 2 aromatic rings. The number of nitrogens with one attached hydrogen (secondary N) is 2. The van der Waals surface area contributed by atoms with Crippen molar-refractivity contribution in [2.45, 2.75) is 45.8 Å². The number of carbonyl (C=O) groups excluding carboxylic acids is 3. The summed E-state index contributed by atoms with van der Waals surface area (Å²) in [4.78, 5) is 42.3. The third-order valence-electron chi connectivity index (χ3n) is 6.35. The summed E-state index contributed by atoms with van der Waals surface area (Å²) in [5.74, 6) is -0.931. The van der Waals surface area contributed by atoms with E-state index in [1.165, 1.54) is 15.6 Å². The molecule has 0 saturated heterocycles. The van der Waals surface area contributed by atoms with Crippen LogP contribution in [0.2, 0.25) is 0 Å². The number of nitrogens with zero attached hydrogens (tertiary/aromatic N) is 4. The van der Waals surface area contributed by atoms with Crippen LogP contribution in [0.3, 0.4) is 0 Å². The van der Waals surface area contributed by atoms with E-state index in [0.717, 1.165) is 31.6 Å². The molecule has 2 N–H and O–H groups in total. The Hall–Kier alpha value is -3.20. The second-order valence-electron chi connectivity index (χ2n) is 8.52. The van der Waals surface area contributed by atoms with Gasteiger partial charge < -0.3 is 20.4 Å². The molecule has 3 rings (SSSR count). The van der Waals surface area contributed by atoms with E-state index < -0.39 is 5.54 Å². The lowest BCUT2D eigenvalue weighted by Crippen LogP contribution is -2.62. The Bertz CT molecular complexity index is 985. The van der Waals surface area contributed by atoms with Gasteiger partial charge in [0.15, 0.2) is 5.69 Å². The average Bonchev–Trinajstić information content (AvgIpc) is 3.25. The van der Waals surface area contributed by atoms with Gasteiger partial charge in [0.2, 0.25) is 5.91 Å². The van der Waals surface area contributed by atoms with Gasteiger partial charge in [-0.2, -0.15) is 5.10 Å². The topological polar surface area (TPSA) is 99.6 Å². The standard InChI is InChI=1S/C24H34N6O3/c1-5-29(6-2)14-10-13-25-21(31)19-15-20-22(32)28(4)24(3,17-30(20)27-19)23(33)26-16-18-11-8-7-9-12-18/h7-9,11-12,15H,5-6,10,13-14,16-17H2,1-4H3,(H,25,31)(H,26,33). The van der Waals surface area contributed by atoms with E-state index in [4.69, 9.17) is 0 Å². The van der Waals surface area contributed by atoms with Gasteiger partial charge >= 0.3 is 0 Å². The molecule has 0 spiro atoms. The number of hydrogen-bond acceptors (Lipinski definition) is 5. The van der Waals surface area contributed by atoms with Gasteiger partial charge in [0.1, 0.15) is 11.2 Å². The highest BCUT2D eigenvalue weighted by Gasteiger charge is 2.46. The van der Waals surface area contributed by atoms with Crippen LogP contribution in [0.5, 0.6) is 0 Å². The van der Waals surface area contributed by atoms with Crippen molar-refractivity contribution in [3.63, 3.8) is 0 Å². The van der Waals surface area contributed by atoms with Crippen molar-refractivity contribution >= 4 is 17.7 Å². The fourth-order valence-corrected chi connectivity index (χ4v) is 3.94. The normalized spacial score (nSPS) is 17.7. The summed E-state index contributed by atoms with van der Waals surface area (Å²) in [5, 5.41) is 10.1. The van der Waals surface area contributed by atoms with Crippen molar-refractivity contribution in [2.24, 2.45) is 0 Å². The summed E-state index contributed by atoms with van der Waals surface area (Å²) in [7, 11) is 1.61. The minimum Gasteiger partial charge on any atom is -0.351 e. The molecular formula is C24H34N6O3. The number of carbonyl (C=O) groups is 3. The van der Waals surface area contributed by atoms with Gasteiger partial charge in [-0.3, -0.25) is 19.1 Å². The molecule has 1 aliphatic heterocycles. The third-order valence-corrected chi connectivity index (χ3v) is 6.35. The molecule has 9 nitrogen and oxygen atoms in total. The maximum absolute atomic E-state index is 13.0. The summed E-state index contributed by atoms with van der Waals surface area (Å²) < 4.78 is 1.47. The largest absolute Gasteiger partial charge is 0.351 e. The quantitative estimate of drug-likeness (QED) is 0.530. The molecule has 0 fully saturated rings. The maximum atomic E-state index is 13.0. The van der Waals surface area contributed by atoms with E-state index in [1.807, 2.05) is 30.3 Å². The maximum Gasteiger partial charge on any atom is 0.272 e. The second kappa shape index (κ2) is 10.6. The summed E-state index contributed by atoms with van der Waals surface area (Å²) in [6, 6.07) is 11.1. The molecule has 0 radical (unpaired) electrons.